The SMILES string of the molecule is NC(N)=NC(N)=Nc1ccccc1-c1cnco1. The van der Waals surface area contributed by atoms with E-state index in [9.17, 15) is 0 Å². The molecule has 0 bridgehead atoms. The van der Waals surface area contributed by atoms with E-state index in [0.29, 0.717) is 11.4 Å². The van der Waals surface area contributed by atoms with Crippen molar-refractivity contribution >= 4 is 17.6 Å². The summed E-state index contributed by atoms with van der Waals surface area (Å²) in [5, 5.41) is 0. The van der Waals surface area contributed by atoms with Crippen LogP contribution in [0.3, 0.4) is 0 Å². The third-order valence-electron chi connectivity index (χ3n) is 2.08. The topological polar surface area (TPSA) is 129 Å². The average Bonchev–Trinajstić information content (AvgIpc) is 2.81. The fourth-order valence-corrected chi connectivity index (χ4v) is 1.41. The van der Waals surface area contributed by atoms with E-state index in [-0.39, 0.29) is 11.9 Å². The summed E-state index contributed by atoms with van der Waals surface area (Å²) in [6, 6.07) is 7.28. The van der Waals surface area contributed by atoms with Crippen molar-refractivity contribution in [2.24, 2.45) is 27.2 Å². The van der Waals surface area contributed by atoms with Crippen molar-refractivity contribution in [3.8, 4) is 11.3 Å². The van der Waals surface area contributed by atoms with Crippen LogP contribution >= 0.6 is 0 Å². The van der Waals surface area contributed by atoms with E-state index in [1.807, 2.05) is 18.2 Å². The van der Waals surface area contributed by atoms with Gasteiger partial charge >= 0.3 is 0 Å². The molecule has 0 saturated carbocycles. The summed E-state index contributed by atoms with van der Waals surface area (Å²) in [7, 11) is 0. The normalized spacial score (nSPS) is 11.2. The van der Waals surface area contributed by atoms with Gasteiger partial charge in [-0.25, -0.2) is 9.98 Å². The van der Waals surface area contributed by atoms with E-state index in [2.05, 4.69) is 15.0 Å². The summed E-state index contributed by atoms with van der Waals surface area (Å²) in [5.74, 6) is 0.419. The fraction of sp³-hybridized carbons (Fsp3) is 0. The van der Waals surface area contributed by atoms with Crippen LogP contribution < -0.4 is 17.2 Å². The third-order valence-corrected chi connectivity index (χ3v) is 2.08. The first-order valence-corrected chi connectivity index (χ1v) is 5.08. The van der Waals surface area contributed by atoms with Crippen molar-refractivity contribution in [1.29, 1.82) is 0 Å². The number of guanidine groups is 2. The summed E-state index contributed by atoms with van der Waals surface area (Å²) >= 11 is 0. The Morgan fingerprint density at radius 1 is 1.17 bits per heavy atom. The van der Waals surface area contributed by atoms with Crippen molar-refractivity contribution in [2.45, 2.75) is 0 Å². The lowest BCUT2D eigenvalue weighted by molar-refractivity contribution is 0.572. The van der Waals surface area contributed by atoms with Gasteiger partial charge in [0.2, 0.25) is 5.96 Å². The molecule has 1 aromatic carbocycles. The molecule has 0 unspecified atom stereocenters. The monoisotopic (exact) mass is 244 g/mol. The van der Waals surface area contributed by atoms with Gasteiger partial charge in [-0.3, -0.25) is 0 Å². The molecule has 0 spiro atoms. The minimum absolute atomic E-state index is 0.0260. The second-order valence-electron chi connectivity index (χ2n) is 3.39. The Morgan fingerprint density at radius 2 is 1.94 bits per heavy atom. The van der Waals surface area contributed by atoms with Gasteiger partial charge in [0, 0.05) is 5.56 Å². The summed E-state index contributed by atoms with van der Waals surface area (Å²) in [5.41, 5.74) is 17.4. The van der Waals surface area contributed by atoms with Crippen LogP contribution in [0.15, 0.2) is 51.3 Å². The number of hydrogen-bond acceptors (Lipinski definition) is 3. The summed E-state index contributed by atoms with van der Waals surface area (Å²) in [4.78, 5) is 11.6. The first-order valence-electron chi connectivity index (χ1n) is 5.08. The van der Waals surface area contributed by atoms with Crippen LogP contribution in [0.25, 0.3) is 11.3 Å². The van der Waals surface area contributed by atoms with Crippen LogP contribution in [0, 0.1) is 0 Å². The number of aromatic nitrogens is 1. The molecule has 18 heavy (non-hydrogen) atoms. The van der Waals surface area contributed by atoms with Gasteiger partial charge in [-0.2, -0.15) is 4.99 Å². The lowest BCUT2D eigenvalue weighted by atomic mass is 10.1. The molecule has 0 amide bonds. The van der Waals surface area contributed by atoms with Crippen LogP contribution in [0.2, 0.25) is 0 Å². The Kier molecular flexibility index (Phi) is 3.24. The minimum Gasteiger partial charge on any atom is -0.443 e. The standard InChI is InChI=1S/C11H12N6O/c12-10(13)17-11(14)16-8-4-2-1-3-7(8)9-5-15-6-18-9/h1-6H,(H6,12,13,14,16,17). The zero-order valence-corrected chi connectivity index (χ0v) is 9.45. The largest absolute Gasteiger partial charge is 0.443 e. The van der Waals surface area contributed by atoms with Gasteiger partial charge in [0.15, 0.2) is 18.1 Å². The predicted octanol–water partition coefficient (Wildman–Crippen LogP) is 0.561. The highest BCUT2D eigenvalue weighted by Gasteiger charge is 2.07. The number of rotatable bonds is 2. The van der Waals surface area contributed by atoms with Crippen molar-refractivity contribution in [1.82, 2.24) is 4.98 Å². The predicted molar refractivity (Wildman–Crippen MR) is 69.0 cm³/mol. The molecule has 0 atom stereocenters. The smallest absolute Gasteiger partial charge is 0.223 e. The van der Waals surface area contributed by atoms with Gasteiger partial charge in [0.25, 0.3) is 0 Å². The molecule has 0 fully saturated rings. The third kappa shape index (κ3) is 2.64. The molecule has 1 heterocycles. The van der Waals surface area contributed by atoms with Gasteiger partial charge in [0.1, 0.15) is 0 Å². The zero-order valence-electron chi connectivity index (χ0n) is 9.45. The molecule has 92 valence electrons. The molecule has 0 aliphatic carbocycles. The number of aliphatic imine (C=N–C) groups is 2. The maximum atomic E-state index is 5.59. The molecule has 1 aromatic heterocycles. The van der Waals surface area contributed by atoms with E-state index in [0.717, 1.165) is 5.56 Å². The van der Waals surface area contributed by atoms with Crippen LogP contribution in [0.4, 0.5) is 5.69 Å². The van der Waals surface area contributed by atoms with E-state index >= 15 is 0 Å². The number of hydrogen-bond donors (Lipinski definition) is 3. The molecule has 7 heteroatoms. The van der Waals surface area contributed by atoms with Gasteiger partial charge in [-0.1, -0.05) is 12.1 Å². The molecule has 0 radical (unpaired) electrons. The average molecular weight is 244 g/mol. The molecule has 2 rings (SSSR count). The Balaban J connectivity index is 2.43. The maximum absolute atomic E-state index is 5.59. The van der Waals surface area contributed by atoms with Crippen LogP contribution in [-0.4, -0.2) is 16.9 Å². The van der Waals surface area contributed by atoms with E-state index in [1.54, 1.807) is 12.3 Å². The Morgan fingerprint density at radius 3 is 2.61 bits per heavy atom. The van der Waals surface area contributed by atoms with Crippen LogP contribution in [0.5, 0.6) is 0 Å². The van der Waals surface area contributed by atoms with Crippen molar-refractivity contribution in [3.63, 3.8) is 0 Å². The van der Waals surface area contributed by atoms with Crippen molar-refractivity contribution in [2.75, 3.05) is 0 Å². The van der Waals surface area contributed by atoms with Crippen molar-refractivity contribution < 1.29 is 4.42 Å². The summed E-state index contributed by atoms with van der Waals surface area (Å²) in [6.45, 7) is 0. The Labute approximate surface area is 103 Å². The molecule has 0 saturated heterocycles. The molecule has 0 aliphatic rings. The number of nitrogens with two attached hydrogens (primary N) is 3. The first-order chi connectivity index (χ1) is 8.66. The highest BCUT2D eigenvalue weighted by molar-refractivity contribution is 5.94. The molecule has 7 nitrogen and oxygen atoms in total. The van der Waals surface area contributed by atoms with Crippen molar-refractivity contribution in [3.05, 3.63) is 36.9 Å². The Bertz CT molecular complexity index is 583. The van der Waals surface area contributed by atoms with Crippen LogP contribution in [-0.2, 0) is 0 Å². The van der Waals surface area contributed by atoms with Gasteiger partial charge < -0.3 is 21.6 Å². The zero-order chi connectivity index (χ0) is 13.0. The maximum Gasteiger partial charge on any atom is 0.223 e. The summed E-state index contributed by atoms with van der Waals surface area (Å²) < 4.78 is 5.22. The molecular formula is C11H12N6O. The second kappa shape index (κ2) is 5.00. The highest BCUT2D eigenvalue weighted by Crippen LogP contribution is 2.29. The molecular weight excluding hydrogens is 232 g/mol. The fourth-order valence-electron chi connectivity index (χ4n) is 1.41. The second-order valence-corrected chi connectivity index (χ2v) is 3.39. The lowest BCUT2D eigenvalue weighted by Gasteiger charge is -2.02. The summed E-state index contributed by atoms with van der Waals surface area (Å²) in [6.07, 6.45) is 2.93. The molecule has 0 aliphatic heterocycles. The highest BCUT2D eigenvalue weighted by atomic mass is 16.3. The number of benzene rings is 1. The number of oxazole rings is 1. The van der Waals surface area contributed by atoms with E-state index < -0.39 is 0 Å². The lowest BCUT2D eigenvalue weighted by Crippen LogP contribution is -2.26. The van der Waals surface area contributed by atoms with E-state index in [1.165, 1.54) is 6.39 Å². The number of nitrogens with zero attached hydrogens (tertiary/aromatic N) is 3. The van der Waals surface area contributed by atoms with Gasteiger partial charge in [0.05, 0.1) is 11.9 Å². The Hall–Kier alpha value is -2.83. The van der Waals surface area contributed by atoms with Crippen LogP contribution in [0.1, 0.15) is 0 Å². The number of para-hydroxylation sites is 1. The minimum atomic E-state index is -0.145. The quantitative estimate of drug-likeness (QED) is 0.525. The molecule has 6 N–H and O–H groups in total. The van der Waals surface area contributed by atoms with Gasteiger partial charge in [-0.05, 0) is 12.1 Å². The molecule has 2 aromatic rings. The first kappa shape index (κ1) is 11.6. The van der Waals surface area contributed by atoms with E-state index in [4.69, 9.17) is 21.6 Å². The van der Waals surface area contributed by atoms with Gasteiger partial charge in [-0.15, -0.1) is 0 Å².